The zero-order valence-electron chi connectivity index (χ0n) is 19.1. The molecule has 180 valence electrons. The summed E-state index contributed by atoms with van der Waals surface area (Å²) in [4.78, 5) is 15.5. The van der Waals surface area contributed by atoms with Crippen molar-refractivity contribution in [3.8, 4) is 11.1 Å². The molecular formula is C25H32FNO6. The lowest BCUT2D eigenvalue weighted by Gasteiger charge is -2.23. The quantitative estimate of drug-likeness (QED) is 0.347. The van der Waals surface area contributed by atoms with E-state index in [9.17, 15) is 29.6 Å². The van der Waals surface area contributed by atoms with Crippen molar-refractivity contribution in [1.29, 1.82) is 0 Å². The molecule has 0 amide bonds. The highest BCUT2D eigenvalue weighted by atomic mass is 19.1. The van der Waals surface area contributed by atoms with Crippen molar-refractivity contribution in [1.82, 2.24) is 4.98 Å². The molecule has 0 spiro atoms. The van der Waals surface area contributed by atoms with Gasteiger partial charge in [0.05, 0.1) is 43.2 Å². The first-order valence-corrected chi connectivity index (χ1v) is 10.9. The van der Waals surface area contributed by atoms with E-state index in [-0.39, 0.29) is 31.5 Å². The van der Waals surface area contributed by atoms with Crippen LogP contribution in [-0.4, -0.2) is 55.3 Å². The number of pyridine rings is 1. The van der Waals surface area contributed by atoms with Crippen LogP contribution >= 0.6 is 0 Å². The summed E-state index contributed by atoms with van der Waals surface area (Å²) in [6.45, 7) is 5.14. The normalized spacial score (nSPS) is 14.6. The van der Waals surface area contributed by atoms with Crippen LogP contribution in [0.1, 0.15) is 68.0 Å². The summed E-state index contributed by atoms with van der Waals surface area (Å²) < 4.78 is 13.6. The summed E-state index contributed by atoms with van der Waals surface area (Å²) in [5.74, 6) is -1.98. The second-order valence-electron chi connectivity index (χ2n) is 8.47. The van der Waals surface area contributed by atoms with Crippen LogP contribution < -0.4 is 0 Å². The molecule has 0 aliphatic carbocycles. The zero-order valence-corrected chi connectivity index (χ0v) is 19.1. The van der Waals surface area contributed by atoms with Gasteiger partial charge in [0.15, 0.2) is 0 Å². The lowest BCUT2D eigenvalue weighted by atomic mass is 9.86. The van der Waals surface area contributed by atoms with Gasteiger partial charge in [0, 0.05) is 23.5 Å². The Labute approximate surface area is 192 Å². The van der Waals surface area contributed by atoms with E-state index in [0.29, 0.717) is 33.6 Å². The van der Waals surface area contributed by atoms with E-state index in [2.05, 4.69) is 0 Å². The number of hydrogen-bond acceptors (Lipinski definition) is 6. The smallest absolute Gasteiger partial charge is 0.305 e. The standard InChI is InChI=1S/C25H32FNO6/c1-14(2)24-20(9-8-18(30)10-19(31)11-22(32)33)23(16-4-6-17(26)7-5-16)21(13-29)25(27-24)15(3)12-28/h4-9,14-15,18-19,28-31H,10-13H2,1-3H3,(H,32,33)/b9-8+. The van der Waals surface area contributed by atoms with Crippen LogP contribution in [0.3, 0.4) is 0 Å². The maximum absolute atomic E-state index is 13.6. The molecule has 0 bridgehead atoms. The molecule has 0 aliphatic heterocycles. The third-order valence-corrected chi connectivity index (χ3v) is 5.38. The molecule has 8 heteroatoms. The van der Waals surface area contributed by atoms with Crippen LogP contribution in [0.2, 0.25) is 0 Å². The minimum absolute atomic E-state index is 0.0593. The SMILES string of the molecule is CC(C)c1nc(C(C)CO)c(CO)c(-c2ccc(F)cc2)c1/C=C/C(O)CC(O)CC(=O)O. The Balaban J connectivity index is 2.68. The predicted octanol–water partition coefficient (Wildman–Crippen LogP) is 3.20. The molecule has 33 heavy (non-hydrogen) atoms. The highest BCUT2D eigenvalue weighted by Gasteiger charge is 2.24. The molecule has 0 saturated carbocycles. The van der Waals surface area contributed by atoms with Crippen molar-refractivity contribution in [2.45, 2.75) is 64.3 Å². The summed E-state index contributed by atoms with van der Waals surface area (Å²) >= 11 is 0. The topological polar surface area (TPSA) is 131 Å². The molecule has 1 heterocycles. The first-order valence-electron chi connectivity index (χ1n) is 10.9. The van der Waals surface area contributed by atoms with E-state index < -0.39 is 30.4 Å². The number of halogens is 1. The lowest BCUT2D eigenvalue weighted by molar-refractivity contribution is -0.139. The van der Waals surface area contributed by atoms with Crippen LogP contribution in [0.4, 0.5) is 4.39 Å². The van der Waals surface area contributed by atoms with Gasteiger partial charge in [-0.25, -0.2) is 4.39 Å². The Morgan fingerprint density at radius 1 is 1.09 bits per heavy atom. The monoisotopic (exact) mass is 461 g/mol. The summed E-state index contributed by atoms with van der Waals surface area (Å²) in [5, 5.41) is 48.9. The molecule has 2 aromatic rings. The van der Waals surface area contributed by atoms with E-state index in [0.717, 1.165) is 0 Å². The van der Waals surface area contributed by atoms with Crippen molar-refractivity contribution in [2.24, 2.45) is 0 Å². The average Bonchev–Trinajstić information content (AvgIpc) is 2.75. The zero-order chi connectivity index (χ0) is 24.7. The van der Waals surface area contributed by atoms with E-state index in [1.807, 2.05) is 13.8 Å². The maximum atomic E-state index is 13.6. The van der Waals surface area contributed by atoms with Crippen LogP contribution in [0.25, 0.3) is 17.2 Å². The minimum atomic E-state index is -1.21. The number of aliphatic hydroxyl groups is 4. The number of carboxylic acid groups (broad SMARTS) is 1. The molecule has 3 atom stereocenters. The first kappa shape index (κ1) is 26.6. The van der Waals surface area contributed by atoms with E-state index in [1.54, 1.807) is 25.1 Å². The van der Waals surface area contributed by atoms with Crippen LogP contribution in [0, 0.1) is 5.82 Å². The minimum Gasteiger partial charge on any atom is -0.481 e. The average molecular weight is 462 g/mol. The molecule has 0 fully saturated rings. The van der Waals surface area contributed by atoms with Gasteiger partial charge in [0.25, 0.3) is 0 Å². The summed E-state index contributed by atoms with van der Waals surface area (Å²) in [6, 6.07) is 5.80. The molecule has 3 unspecified atom stereocenters. The number of aromatic nitrogens is 1. The fraction of sp³-hybridized carbons (Fsp3) is 0.440. The van der Waals surface area contributed by atoms with Gasteiger partial charge in [-0.1, -0.05) is 45.1 Å². The second-order valence-corrected chi connectivity index (χ2v) is 8.47. The molecule has 1 aromatic heterocycles. The van der Waals surface area contributed by atoms with Gasteiger partial charge in [0.2, 0.25) is 0 Å². The number of hydrogen-bond donors (Lipinski definition) is 5. The summed E-state index contributed by atoms with van der Waals surface area (Å²) in [5.41, 5.74) is 3.56. The van der Waals surface area contributed by atoms with Gasteiger partial charge in [-0.2, -0.15) is 0 Å². The number of carboxylic acids is 1. The van der Waals surface area contributed by atoms with E-state index in [4.69, 9.17) is 10.1 Å². The first-order chi connectivity index (χ1) is 15.6. The van der Waals surface area contributed by atoms with Crippen molar-refractivity contribution in [2.75, 3.05) is 6.61 Å². The summed E-state index contributed by atoms with van der Waals surface area (Å²) in [6.07, 6.45) is 0.109. The molecule has 0 saturated heterocycles. The van der Waals surface area contributed by atoms with Crippen LogP contribution in [0.5, 0.6) is 0 Å². The van der Waals surface area contributed by atoms with E-state index in [1.165, 1.54) is 18.2 Å². The Bertz CT molecular complexity index is 974. The number of aliphatic carboxylic acids is 1. The second kappa shape index (κ2) is 12.0. The van der Waals surface area contributed by atoms with Gasteiger partial charge >= 0.3 is 5.97 Å². The van der Waals surface area contributed by atoms with Crippen molar-refractivity contribution < 1.29 is 34.7 Å². The number of carbonyl (C=O) groups is 1. The van der Waals surface area contributed by atoms with E-state index >= 15 is 0 Å². The summed E-state index contributed by atoms with van der Waals surface area (Å²) in [7, 11) is 0. The molecule has 2 rings (SSSR count). The van der Waals surface area contributed by atoms with Crippen molar-refractivity contribution in [3.05, 3.63) is 58.7 Å². The highest BCUT2D eigenvalue weighted by molar-refractivity contribution is 5.80. The number of aliphatic hydroxyl groups excluding tert-OH is 4. The Hall–Kier alpha value is -2.65. The van der Waals surface area contributed by atoms with Gasteiger partial charge in [0.1, 0.15) is 5.82 Å². The van der Waals surface area contributed by atoms with Crippen LogP contribution in [0.15, 0.2) is 30.3 Å². The third-order valence-electron chi connectivity index (χ3n) is 5.38. The van der Waals surface area contributed by atoms with Crippen molar-refractivity contribution >= 4 is 12.0 Å². The molecule has 5 N–H and O–H groups in total. The predicted molar refractivity (Wildman–Crippen MR) is 123 cm³/mol. The van der Waals surface area contributed by atoms with Gasteiger partial charge < -0.3 is 25.5 Å². The number of rotatable bonds is 11. The largest absolute Gasteiger partial charge is 0.481 e. The molecule has 0 aliphatic rings. The van der Waals surface area contributed by atoms with Crippen LogP contribution in [-0.2, 0) is 11.4 Å². The van der Waals surface area contributed by atoms with Gasteiger partial charge in [-0.3, -0.25) is 9.78 Å². The maximum Gasteiger partial charge on any atom is 0.305 e. The number of benzene rings is 1. The Morgan fingerprint density at radius 3 is 2.24 bits per heavy atom. The Morgan fingerprint density at radius 2 is 1.73 bits per heavy atom. The fourth-order valence-corrected chi connectivity index (χ4v) is 3.73. The molecule has 1 aromatic carbocycles. The number of nitrogens with zero attached hydrogens (tertiary/aromatic N) is 1. The fourth-order valence-electron chi connectivity index (χ4n) is 3.73. The molecule has 7 nitrogen and oxygen atoms in total. The third kappa shape index (κ3) is 6.91. The molecular weight excluding hydrogens is 429 g/mol. The highest BCUT2D eigenvalue weighted by Crippen LogP contribution is 2.37. The Kier molecular flexibility index (Phi) is 9.67. The van der Waals surface area contributed by atoms with Gasteiger partial charge in [-0.05, 0) is 29.2 Å². The lowest BCUT2D eigenvalue weighted by Crippen LogP contribution is -2.19. The van der Waals surface area contributed by atoms with Gasteiger partial charge in [-0.15, -0.1) is 0 Å². The molecule has 0 radical (unpaired) electrons. The van der Waals surface area contributed by atoms with Crippen molar-refractivity contribution in [3.63, 3.8) is 0 Å².